The van der Waals surface area contributed by atoms with Crippen LogP contribution in [0, 0.1) is 0 Å². The molecule has 1 atom stereocenters. The summed E-state index contributed by atoms with van der Waals surface area (Å²) >= 11 is 0. The van der Waals surface area contributed by atoms with Crippen LogP contribution < -0.4 is 5.32 Å². The topological polar surface area (TPSA) is 69.6 Å². The summed E-state index contributed by atoms with van der Waals surface area (Å²) in [6, 6.07) is 8.84. The molecule has 76 valence electrons. The van der Waals surface area contributed by atoms with Crippen molar-refractivity contribution in [1.29, 1.82) is 0 Å². The number of hydrogen-bond donors (Lipinski definition) is 3. The van der Waals surface area contributed by atoms with Crippen molar-refractivity contribution in [3.8, 4) is 0 Å². The molecule has 0 saturated carbocycles. The molecule has 0 bridgehead atoms. The van der Waals surface area contributed by atoms with Crippen LogP contribution in [-0.4, -0.2) is 15.6 Å². The smallest absolute Gasteiger partial charge is 0.351 e. The van der Waals surface area contributed by atoms with Crippen molar-refractivity contribution in [2.75, 3.05) is 5.32 Å². The van der Waals surface area contributed by atoms with Crippen molar-refractivity contribution in [2.24, 2.45) is 0 Å². The zero-order valence-corrected chi connectivity index (χ0v) is 8.39. The lowest BCUT2D eigenvalue weighted by Gasteiger charge is -2.16. The van der Waals surface area contributed by atoms with Crippen LogP contribution in [0.4, 0.5) is 5.69 Å². The first-order valence-electron chi connectivity index (χ1n) is 4.03. The number of nitrogens with one attached hydrogen (secondary N) is 1. The van der Waals surface area contributed by atoms with Gasteiger partial charge in [0, 0.05) is 5.69 Å². The van der Waals surface area contributed by atoms with Crippen molar-refractivity contribution in [1.82, 2.24) is 0 Å². The maximum Gasteiger partial charge on any atom is 0.351 e. The fourth-order valence-corrected chi connectivity index (χ4v) is 1.58. The van der Waals surface area contributed by atoms with E-state index in [4.69, 9.17) is 9.79 Å². The number of rotatable bonds is 4. The fraction of sp³-hybridized carbons (Fsp3) is 0.111. The van der Waals surface area contributed by atoms with E-state index in [1.807, 2.05) is 6.07 Å². The Bertz CT molecular complexity index is 346. The van der Waals surface area contributed by atoms with Crippen molar-refractivity contribution in [3.63, 3.8) is 0 Å². The van der Waals surface area contributed by atoms with E-state index in [2.05, 4.69) is 11.9 Å². The standard InChI is InChI=1S/C9H12NO3P/c1-2-9(14(11,12)13)10-8-6-4-3-5-7-8/h2-7,9-10H,1H2,(H2,11,12,13). The van der Waals surface area contributed by atoms with Gasteiger partial charge in [0.2, 0.25) is 0 Å². The Morgan fingerprint density at radius 1 is 1.36 bits per heavy atom. The van der Waals surface area contributed by atoms with E-state index < -0.39 is 13.4 Å². The maximum atomic E-state index is 10.9. The van der Waals surface area contributed by atoms with Gasteiger partial charge in [-0.25, -0.2) is 0 Å². The molecule has 0 amide bonds. The van der Waals surface area contributed by atoms with Crippen LogP contribution in [0.1, 0.15) is 0 Å². The van der Waals surface area contributed by atoms with Gasteiger partial charge in [0.15, 0.2) is 0 Å². The quantitative estimate of drug-likeness (QED) is 0.526. The van der Waals surface area contributed by atoms with Crippen LogP contribution in [0.3, 0.4) is 0 Å². The highest BCUT2D eigenvalue weighted by atomic mass is 31.2. The SMILES string of the molecule is C=CC(Nc1ccccc1)P(=O)(O)O. The van der Waals surface area contributed by atoms with Crippen LogP contribution in [-0.2, 0) is 4.57 Å². The summed E-state index contributed by atoms with van der Waals surface area (Å²) in [7, 11) is -4.17. The second kappa shape index (κ2) is 4.42. The molecular formula is C9H12NO3P. The third-order valence-corrected chi connectivity index (χ3v) is 2.74. The Morgan fingerprint density at radius 2 is 1.93 bits per heavy atom. The van der Waals surface area contributed by atoms with Gasteiger partial charge in [-0.2, -0.15) is 0 Å². The molecule has 14 heavy (non-hydrogen) atoms. The Kier molecular flexibility index (Phi) is 3.47. The first kappa shape index (κ1) is 11.0. The van der Waals surface area contributed by atoms with Gasteiger partial charge in [-0.1, -0.05) is 24.3 Å². The van der Waals surface area contributed by atoms with Crippen molar-refractivity contribution < 1.29 is 14.4 Å². The van der Waals surface area contributed by atoms with Gasteiger partial charge < -0.3 is 15.1 Å². The largest absolute Gasteiger partial charge is 0.368 e. The molecule has 1 aromatic rings. The molecule has 5 heteroatoms. The van der Waals surface area contributed by atoms with Gasteiger partial charge >= 0.3 is 7.60 Å². The number of anilines is 1. The minimum absolute atomic E-state index is 0.653. The molecule has 4 nitrogen and oxygen atoms in total. The Hall–Kier alpha value is -1.09. The molecule has 0 heterocycles. The third kappa shape index (κ3) is 3.00. The van der Waals surface area contributed by atoms with Crippen LogP contribution in [0.2, 0.25) is 0 Å². The molecule has 1 rings (SSSR count). The summed E-state index contributed by atoms with van der Waals surface area (Å²) < 4.78 is 10.9. The van der Waals surface area contributed by atoms with Crippen LogP contribution >= 0.6 is 7.60 Å². The molecule has 0 fully saturated rings. The molecule has 0 radical (unpaired) electrons. The molecule has 0 spiro atoms. The van der Waals surface area contributed by atoms with Gasteiger partial charge in [0.25, 0.3) is 0 Å². The molecular weight excluding hydrogens is 201 g/mol. The lowest BCUT2D eigenvalue weighted by atomic mass is 10.3. The lowest BCUT2D eigenvalue weighted by Crippen LogP contribution is -2.16. The van der Waals surface area contributed by atoms with E-state index in [0.717, 1.165) is 0 Å². The molecule has 0 aliphatic heterocycles. The summed E-state index contributed by atoms with van der Waals surface area (Å²) in [6.07, 6.45) is 1.20. The third-order valence-electron chi connectivity index (χ3n) is 1.67. The van der Waals surface area contributed by atoms with Crippen molar-refractivity contribution in [2.45, 2.75) is 5.78 Å². The van der Waals surface area contributed by atoms with Gasteiger partial charge in [-0.15, -0.1) is 6.58 Å². The van der Waals surface area contributed by atoms with E-state index in [-0.39, 0.29) is 0 Å². The zero-order valence-electron chi connectivity index (χ0n) is 7.50. The lowest BCUT2D eigenvalue weighted by molar-refractivity contribution is 0.368. The van der Waals surface area contributed by atoms with Crippen LogP contribution in [0.5, 0.6) is 0 Å². The summed E-state index contributed by atoms with van der Waals surface area (Å²) in [5.41, 5.74) is 0.653. The second-order valence-corrected chi connectivity index (χ2v) is 4.51. The summed E-state index contributed by atoms with van der Waals surface area (Å²) in [4.78, 5) is 17.8. The fourth-order valence-electron chi connectivity index (χ4n) is 0.985. The first-order chi connectivity index (χ1) is 6.54. The van der Waals surface area contributed by atoms with E-state index in [9.17, 15) is 4.57 Å². The Balaban J connectivity index is 2.77. The minimum atomic E-state index is -4.17. The average Bonchev–Trinajstić information content (AvgIpc) is 2.14. The summed E-state index contributed by atoms with van der Waals surface area (Å²) in [6.45, 7) is 3.37. The van der Waals surface area contributed by atoms with E-state index in [0.29, 0.717) is 5.69 Å². The first-order valence-corrected chi connectivity index (χ1v) is 5.71. The maximum absolute atomic E-state index is 10.9. The molecule has 1 unspecified atom stereocenters. The zero-order chi connectivity index (χ0) is 10.6. The van der Waals surface area contributed by atoms with Crippen molar-refractivity contribution in [3.05, 3.63) is 43.0 Å². The van der Waals surface area contributed by atoms with Gasteiger partial charge in [0.05, 0.1) is 0 Å². The predicted molar refractivity (Wildman–Crippen MR) is 56.1 cm³/mol. The van der Waals surface area contributed by atoms with Gasteiger partial charge in [0.1, 0.15) is 5.78 Å². The van der Waals surface area contributed by atoms with E-state index in [1.165, 1.54) is 6.08 Å². The van der Waals surface area contributed by atoms with Crippen LogP contribution in [0.15, 0.2) is 43.0 Å². The minimum Gasteiger partial charge on any atom is -0.368 e. The number of para-hydroxylation sites is 1. The highest BCUT2D eigenvalue weighted by Gasteiger charge is 2.25. The number of benzene rings is 1. The number of hydrogen-bond acceptors (Lipinski definition) is 2. The monoisotopic (exact) mass is 213 g/mol. The van der Waals surface area contributed by atoms with Crippen molar-refractivity contribution >= 4 is 13.3 Å². The highest BCUT2D eigenvalue weighted by Crippen LogP contribution is 2.41. The Morgan fingerprint density at radius 3 is 2.36 bits per heavy atom. The average molecular weight is 213 g/mol. The molecule has 0 aliphatic carbocycles. The predicted octanol–water partition coefficient (Wildman–Crippen LogP) is 1.79. The summed E-state index contributed by atoms with van der Waals surface area (Å²) in [5, 5.41) is 2.69. The normalized spacial score (nSPS) is 13.3. The highest BCUT2D eigenvalue weighted by molar-refractivity contribution is 7.52. The van der Waals surface area contributed by atoms with Crippen LogP contribution in [0.25, 0.3) is 0 Å². The van der Waals surface area contributed by atoms with E-state index in [1.54, 1.807) is 24.3 Å². The van der Waals surface area contributed by atoms with Gasteiger partial charge in [-0.3, -0.25) is 4.57 Å². The Labute approximate surface area is 82.4 Å². The molecule has 0 saturated heterocycles. The van der Waals surface area contributed by atoms with E-state index >= 15 is 0 Å². The van der Waals surface area contributed by atoms with Gasteiger partial charge in [-0.05, 0) is 12.1 Å². The molecule has 1 aromatic carbocycles. The molecule has 0 aliphatic rings. The summed E-state index contributed by atoms with van der Waals surface area (Å²) in [5.74, 6) is -1.04. The second-order valence-electron chi connectivity index (χ2n) is 2.78. The molecule has 0 aromatic heterocycles. The molecule has 3 N–H and O–H groups in total.